The van der Waals surface area contributed by atoms with Crippen molar-refractivity contribution in [3.05, 3.63) is 149 Å². The van der Waals surface area contributed by atoms with Crippen molar-refractivity contribution in [2.24, 2.45) is 28.7 Å². The minimum atomic E-state index is -1.02. The number of phenolic OH excluding ortho intramolecular Hbond substituents is 5. The molecule has 350 valence electrons. The van der Waals surface area contributed by atoms with Crippen LogP contribution in [0.4, 0.5) is 0 Å². The Morgan fingerprint density at radius 1 is 0.277 bits per heavy atom. The first-order chi connectivity index (χ1) is 30.5. The highest BCUT2D eigenvalue weighted by atomic mass is 16.4. The molecule has 5 atom stereocenters. The van der Waals surface area contributed by atoms with Crippen LogP contribution in [0.15, 0.2) is 121 Å². The summed E-state index contributed by atoms with van der Waals surface area (Å²) in [6.45, 7) is 0. The second-order valence-corrected chi connectivity index (χ2v) is 14.1. The molecule has 0 spiro atoms. The summed E-state index contributed by atoms with van der Waals surface area (Å²) in [5, 5.41) is 87.4. The zero-order chi connectivity index (χ0) is 49.2. The molecule has 0 fully saturated rings. The molecule has 20 nitrogen and oxygen atoms in total. The third kappa shape index (κ3) is 24.5. The lowest BCUT2D eigenvalue weighted by Crippen LogP contribution is -2.32. The van der Waals surface area contributed by atoms with Crippen LogP contribution in [0, 0.1) is 0 Å². The van der Waals surface area contributed by atoms with Crippen molar-refractivity contribution in [1.29, 1.82) is 0 Å². The number of aliphatic carboxylic acids is 5. The number of carbonyl (C=O) groups is 5. The van der Waals surface area contributed by atoms with E-state index < -0.39 is 60.1 Å². The van der Waals surface area contributed by atoms with Gasteiger partial charge in [-0.15, -0.1) is 0 Å². The number of aromatic hydroxyl groups is 5. The molecule has 0 saturated carbocycles. The highest BCUT2D eigenvalue weighted by Crippen LogP contribution is 2.14. The topological polar surface area (TPSA) is 418 Å². The van der Waals surface area contributed by atoms with Gasteiger partial charge in [-0.2, -0.15) is 0 Å². The molecule has 0 aliphatic rings. The van der Waals surface area contributed by atoms with E-state index in [9.17, 15) is 24.0 Å². The van der Waals surface area contributed by atoms with Crippen molar-refractivity contribution < 1.29 is 75.0 Å². The highest BCUT2D eigenvalue weighted by Gasteiger charge is 2.15. The van der Waals surface area contributed by atoms with Crippen LogP contribution in [-0.4, -0.2) is 111 Å². The molecule has 65 heavy (non-hydrogen) atoms. The van der Waals surface area contributed by atoms with Crippen molar-refractivity contribution in [1.82, 2.24) is 0 Å². The molecule has 0 saturated heterocycles. The molecule has 0 aromatic heterocycles. The van der Waals surface area contributed by atoms with Gasteiger partial charge in [0.05, 0.1) is 0 Å². The van der Waals surface area contributed by atoms with E-state index in [1.165, 1.54) is 60.7 Å². The molecule has 0 bridgehead atoms. The number of rotatable bonds is 15. The van der Waals surface area contributed by atoms with Gasteiger partial charge in [-0.25, -0.2) is 0 Å². The third-order valence-electron chi connectivity index (χ3n) is 8.55. The monoisotopic (exact) mass is 905 g/mol. The quantitative estimate of drug-likeness (QED) is 0.0711. The molecule has 5 rings (SSSR count). The van der Waals surface area contributed by atoms with Crippen LogP contribution in [0.1, 0.15) is 27.8 Å². The number of hydrogen-bond acceptors (Lipinski definition) is 15. The molecule has 5 unspecified atom stereocenters. The molecule has 0 amide bonds. The Morgan fingerprint density at radius 2 is 0.385 bits per heavy atom. The minimum Gasteiger partial charge on any atom is -0.508 e. The molecule has 0 radical (unpaired) electrons. The second kappa shape index (κ2) is 28.8. The fourth-order valence-electron chi connectivity index (χ4n) is 4.87. The summed E-state index contributed by atoms with van der Waals surface area (Å²) < 4.78 is 0. The fourth-order valence-corrected chi connectivity index (χ4v) is 4.87. The van der Waals surface area contributed by atoms with Gasteiger partial charge in [0, 0.05) is 0 Å². The van der Waals surface area contributed by atoms with Gasteiger partial charge in [0.2, 0.25) is 0 Å². The van der Waals surface area contributed by atoms with Crippen molar-refractivity contribution in [2.45, 2.75) is 62.3 Å². The third-order valence-corrected chi connectivity index (χ3v) is 8.55. The predicted molar refractivity (Wildman–Crippen MR) is 237 cm³/mol. The average Bonchev–Trinajstić information content (AvgIpc) is 3.25. The summed E-state index contributed by atoms with van der Waals surface area (Å²) in [4.78, 5) is 52.0. The molecular weight excluding hydrogens is 851 g/mol. The van der Waals surface area contributed by atoms with E-state index in [2.05, 4.69) is 0 Å². The second-order valence-electron chi connectivity index (χ2n) is 14.1. The maximum absolute atomic E-state index is 10.4. The number of benzene rings is 5. The summed E-state index contributed by atoms with van der Waals surface area (Å²) in [5.74, 6) is -4.30. The van der Waals surface area contributed by atoms with Crippen LogP contribution < -0.4 is 28.7 Å². The van der Waals surface area contributed by atoms with Crippen molar-refractivity contribution in [3.8, 4) is 28.7 Å². The summed E-state index contributed by atoms with van der Waals surface area (Å²) >= 11 is 0. The predicted octanol–water partition coefficient (Wildman–Crippen LogP) is 1.73. The van der Waals surface area contributed by atoms with Crippen LogP contribution in [0.5, 0.6) is 28.7 Å². The maximum atomic E-state index is 10.4. The lowest BCUT2D eigenvalue weighted by molar-refractivity contribution is -0.139. The van der Waals surface area contributed by atoms with Gasteiger partial charge >= 0.3 is 29.8 Å². The Morgan fingerprint density at radius 3 is 0.477 bits per heavy atom. The van der Waals surface area contributed by atoms with Gasteiger partial charge in [0.1, 0.15) is 59.0 Å². The van der Waals surface area contributed by atoms with E-state index in [1.807, 2.05) is 0 Å². The normalized spacial score (nSPS) is 12.4. The van der Waals surface area contributed by atoms with E-state index in [-0.39, 0.29) is 60.9 Å². The lowest BCUT2D eigenvalue weighted by atomic mass is 10.1. The number of carboxylic acids is 5. The van der Waals surface area contributed by atoms with Crippen molar-refractivity contribution in [2.75, 3.05) is 0 Å². The molecule has 0 aliphatic heterocycles. The minimum absolute atomic E-state index is 0.160. The summed E-state index contributed by atoms with van der Waals surface area (Å²) in [6.07, 6.45) is 1.37. The Labute approximate surface area is 373 Å². The lowest BCUT2D eigenvalue weighted by Gasteiger charge is -2.05. The number of nitrogens with two attached hydrogens (primary N) is 5. The first kappa shape index (κ1) is 55.3. The standard InChI is InChI=1S/5C9H11NO3/c5*10-8(9(12)13)5-6-1-3-7(11)4-2-6/h5*1-4,8,11H,5,10H2,(H,12,13). The van der Waals surface area contributed by atoms with Crippen LogP contribution in [-0.2, 0) is 56.1 Å². The maximum Gasteiger partial charge on any atom is 0.320 e. The zero-order valence-electron chi connectivity index (χ0n) is 34.9. The fraction of sp³-hybridized carbons (Fsp3) is 0.222. The molecule has 20 N–H and O–H groups in total. The van der Waals surface area contributed by atoms with Crippen molar-refractivity contribution in [3.63, 3.8) is 0 Å². The molecule has 0 heterocycles. The van der Waals surface area contributed by atoms with Gasteiger partial charge in [0.15, 0.2) is 0 Å². The van der Waals surface area contributed by atoms with Crippen LogP contribution >= 0.6 is 0 Å². The van der Waals surface area contributed by atoms with E-state index in [1.54, 1.807) is 60.7 Å². The molecule has 20 heteroatoms. The molecule has 5 aromatic carbocycles. The zero-order valence-corrected chi connectivity index (χ0v) is 34.9. The van der Waals surface area contributed by atoms with Crippen LogP contribution in [0.3, 0.4) is 0 Å². The largest absolute Gasteiger partial charge is 0.508 e. The number of carboxylic acid groups (broad SMARTS) is 5. The van der Waals surface area contributed by atoms with Crippen molar-refractivity contribution >= 4 is 29.8 Å². The van der Waals surface area contributed by atoms with E-state index in [0.717, 1.165) is 27.8 Å². The molecule has 5 aromatic rings. The van der Waals surface area contributed by atoms with Gasteiger partial charge in [-0.05, 0) is 121 Å². The molecular formula is C45H55N5O15. The number of hydrogen-bond donors (Lipinski definition) is 15. The SMILES string of the molecule is NC(Cc1ccc(O)cc1)C(=O)O.NC(Cc1ccc(O)cc1)C(=O)O.NC(Cc1ccc(O)cc1)C(=O)O.NC(Cc1ccc(O)cc1)C(=O)O.NC(Cc1ccc(O)cc1)C(=O)O. The van der Waals surface area contributed by atoms with E-state index in [4.69, 9.17) is 79.7 Å². The van der Waals surface area contributed by atoms with Gasteiger partial charge in [0.25, 0.3) is 0 Å². The summed E-state index contributed by atoms with van der Waals surface area (Å²) in [6, 6.07) is 27.1. The average molecular weight is 906 g/mol. The van der Waals surface area contributed by atoms with E-state index in [0.29, 0.717) is 0 Å². The number of phenols is 5. The van der Waals surface area contributed by atoms with Crippen LogP contribution in [0.2, 0.25) is 0 Å². The Bertz CT molecular complexity index is 1840. The Balaban J connectivity index is 0.000000406. The smallest absolute Gasteiger partial charge is 0.320 e. The Kier molecular flexibility index (Phi) is 24.5. The highest BCUT2D eigenvalue weighted by molar-refractivity contribution is 5.75. The van der Waals surface area contributed by atoms with Gasteiger partial charge < -0.3 is 79.7 Å². The summed E-state index contributed by atoms with van der Waals surface area (Å²) in [5.41, 5.74) is 30.6. The Hall–Kier alpha value is -7.75. The van der Waals surface area contributed by atoms with E-state index >= 15 is 0 Å². The van der Waals surface area contributed by atoms with Gasteiger partial charge in [-0.3, -0.25) is 24.0 Å². The summed E-state index contributed by atoms with van der Waals surface area (Å²) in [7, 11) is 0. The first-order valence-electron chi connectivity index (χ1n) is 19.3. The molecule has 0 aliphatic carbocycles. The first-order valence-corrected chi connectivity index (χ1v) is 19.3. The van der Waals surface area contributed by atoms with Gasteiger partial charge in [-0.1, -0.05) is 60.7 Å². The van der Waals surface area contributed by atoms with Crippen LogP contribution in [0.25, 0.3) is 0 Å².